The van der Waals surface area contributed by atoms with E-state index in [0.29, 0.717) is 27.3 Å². The van der Waals surface area contributed by atoms with Crippen molar-refractivity contribution in [1.82, 2.24) is 15.2 Å². The summed E-state index contributed by atoms with van der Waals surface area (Å²) in [6.07, 6.45) is 4.85. The van der Waals surface area contributed by atoms with Gasteiger partial charge in [0.25, 0.3) is 5.91 Å². The molecule has 8 heteroatoms. The van der Waals surface area contributed by atoms with Crippen molar-refractivity contribution in [2.75, 3.05) is 13.1 Å². The van der Waals surface area contributed by atoms with Crippen molar-refractivity contribution in [2.24, 2.45) is 0 Å². The first-order valence-electron chi connectivity index (χ1n) is 10.3. The highest BCUT2D eigenvalue weighted by molar-refractivity contribution is 8.26. The number of nitrogens with zero attached hydrogens (tertiary/aromatic N) is 1. The van der Waals surface area contributed by atoms with E-state index in [-0.39, 0.29) is 18.2 Å². The van der Waals surface area contributed by atoms with Gasteiger partial charge in [0, 0.05) is 36.2 Å². The first-order valence-corrected chi connectivity index (χ1v) is 11.9. The Labute approximate surface area is 202 Å². The SMILES string of the molecule is CCCNC(=O)CCN1C(=O)/C(=C/c2cccc(Cl)c2)SC1=S.c1ccc2[nH]ccc2c1. The maximum Gasteiger partial charge on any atom is 0.266 e. The van der Waals surface area contributed by atoms with E-state index in [2.05, 4.69) is 28.5 Å². The van der Waals surface area contributed by atoms with Crippen LogP contribution in [0.5, 0.6) is 0 Å². The Morgan fingerprint density at radius 3 is 2.78 bits per heavy atom. The maximum absolute atomic E-state index is 12.4. The molecule has 1 aliphatic rings. The monoisotopic (exact) mass is 485 g/mol. The first kappa shape index (κ1) is 24.0. The van der Waals surface area contributed by atoms with Gasteiger partial charge >= 0.3 is 0 Å². The number of fused-ring (bicyclic) bond motifs is 1. The number of thiocarbonyl (C=S) groups is 1. The quantitative estimate of drug-likeness (QED) is 0.351. The number of nitrogens with one attached hydrogen (secondary N) is 2. The minimum Gasteiger partial charge on any atom is -0.361 e. The summed E-state index contributed by atoms with van der Waals surface area (Å²) in [6, 6.07) is 17.5. The van der Waals surface area contributed by atoms with Crippen LogP contribution in [0.2, 0.25) is 5.02 Å². The highest BCUT2D eigenvalue weighted by atomic mass is 35.5. The van der Waals surface area contributed by atoms with E-state index in [4.69, 9.17) is 23.8 Å². The van der Waals surface area contributed by atoms with Crippen LogP contribution < -0.4 is 5.32 Å². The molecule has 0 atom stereocenters. The normalized spacial score (nSPS) is 14.6. The summed E-state index contributed by atoms with van der Waals surface area (Å²) in [4.78, 5) is 29.2. The Bertz CT molecular complexity index is 1110. The molecule has 3 aromatic rings. The number of H-pyrrole nitrogens is 1. The molecule has 2 aromatic carbocycles. The molecule has 1 aromatic heterocycles. The van der Waals surface area contributed by atoms with Crippen LogP contribution in [0, 0.1) is 0 Å². The molecule has 0 radical (unpaired) electrons. The fraction of sp³-hybridized carbons (Fsp3) is 0.208. The third-order valence-corrected chi connectivity index (χ3v) is 6.23. The summed E-state index contributed by atoms with van der Waals surface area (Å²) in [6.45, 7) is 2.93. The van der Waals surface area contributed by atoms with Crippen molar-refractivity contribution < 1.29 is 9.59 Å². The number of hydrogen-bond acceptors (Lipinski definition) is 4. The van der Waals surface area contributed by atoms with Crippen molar-refractivity contribution in [3.8, 4) is 0 Å². The number of hydrogen-bond donors (Lipinski definition) is 2. The molecule has 2 heterocycles. The van der Waals surface area contributed by atoms with Crippen LogP contribution in [0.1, 0.15) is 25.3 Å². The standard InChI is InChI=1S/C16H17ClN2O2S2.C8H7N/c1-2-7-18-14(20)6-8-19-15(21)13(23-16(19)22)10-11-4-3-5-12(17)9-11;1-2-4-8-7(3-1)5-6-9-8/h3-5,9-10H,2,6-8H2,1H3,(H,18,20);1-6,9H/b13-10-;. The van der Waals surface area contributed by atoms with E-state index in [1.807, 2.05) is 37.4 Å². The molecule has 1 saturated heterocycles. The van der Waals surface area contributed by atoms with Crippen molar-refractivity contribution in [3.63, 3.8) is 0 Å². The summed E-state index contributed by atoms with van der Waals surface area (Å²) >= 11 is 12.4. The minimum atomic E-state index is -0.164. The topological polar surface area (TPSA) is 65.2 Å². The number of carbonyl (C=O) groups is 2. The lowest BCUT2D eigenvalue weighted by Gasteiger charge is -2.13. The number of halogens is 1. The summed E-state index contributed by atoms with van der Waals surface area (Å²) in [7, 11) is 0. The van der Waals surface area contributed by atoms with Gasteiger partial charge in [0.2, 0.25) is 5.91 Å². The average molecular weight is 486 g/mol. The van der Waals surface area contributed by atoms with Gasteiger partial charge in [-0.05, 0) is 47.7 Å². The summed E-state index contributed by atoms with van der Waals surface area (Å²) in [5.41, 5.74) is 2.05. The summed E-state index contributed by atoms with van der Waals surface area (Å²) in [5.74, 6) is -0.233. The van der Waals surface area contributed by atoms with Crippen molar-refractivity contribution in [2.45, 2.75) is 19.8 Å². The van der Waals surface area contributed by atoms with E-state index in [1.54, 1.807) is 18.2 Å². The van der Waals surface area contributed by atoms with Crippen molar-refractivity contribution in [1.29, 1.82) is 0 Å². The summed E-state index contributed by atoms with van der Waals surface area (Å²) in [5, 5.41) is 4.68. The predicted octanol–water partition coefficient (Wildman–Crippen LogP) is 5.63. The molecule has 0 spiro atoms. The number of benzene rings is 2. The number of amides is 2. The number of thioether (sulfide) groups is 1. The number of aromatic amines is 1. The van der Waals surface area contributed by atoms with Crippen LogP contribution in [-0.4, -0.2) is 39.1 Å². The molecule has 0 aliphatic carbocycles. The van der Waals surface area contributed by atoms with E-state index < -0.39 is 0 Å². The Morgan fingerprint density at radius 2 is 2.03 bits per heavy atom. The number of para-hydroxylation sites is 1. The predicted molar refractivity (Wildman–Crippen MR) is 138 cm³/mol. The summed E-state index contributed by atoms with van der Waals surface area (Å²) < 4.78 is 0.478. The second-order valence-electron chi connectivity index (χ2n) is 7.05. The van der Waals surface area contributed by atoms with Gasteiger partial charge in [-0.15, -0.1) is 0 Å². The Kier molecular flexibility index (Phi) is 8.90. The molecular weight excluding hydrogens is 462 g/mol. The van der Waals surface area contributed by atoms with Gasteiger partial charge in [0.05, 0.1) is 4.91 Å². The third-order valence-electron chi connectivity index (χ3n) is 4.62. The molecule has 0 unspecified atom stereocenters. The van der Waals surface area contributed by atoms with E-state index in [9.17, 15) is 9.59 Å². The number of rotatable bonds is 6. The smallest absolute Gasteiger partial charge is 0.266 e. The first-order chi connectivity index (χ1) is 15.5. The fourth-order valence-electron chi connectivity index (χ4n) is 3.00. The molecule has 2 N–H and O–H groups in total. The van der Waals surface area contributed by atoms with Crippen LogP contribution in [0.15, 0.2) is 65.7 Å². The van der Waals surface area contributed by atoms with Gasteiger partial charge in [-0.2, -0.15) is 0 Å². The van der Waals surface area contributed by atoms with Crippen molar-refractivity contribution in [3.05, 3.63) is 76.3 Å². The second kappa shape index (κ2) is 11.9. The molecule has 32 heavy (non-hydrogen) atoms. The molecule has 0 saturated carbocycles. The van der Waals surface area contributed by atoms with Crippen LogP contribution in [0.4, 0.5) is 0 Å². The molecule has 4 rings (SSSR count). The second-order valence-corrected chi connectivity index (χ2v) is 9.17. The maximum atomic E-state index is 12.4. The van der Waals surface area contributed by atoms with Crippen LogP contribution in [-0.2, 0) is 9.59 Å². The fourth-order valence-corrected chi connectivity index (χ4v) is 4.51. The highest BCUT2D eigenvalue weighted by Gasteiger charge is 2.32. The Balaban J connectivity index is 0.000000264. The van der Waals surface area contributed by atoms with E-state index in [1.165, 1.54) is 27.6 Å². The van der Waals surface area contributed by atoms with Gasteiger partial charge in [-0.3, -0.25) is 14.5 Å². The molecule has 1 fully saturated rings. The zero-order valence-electron chi connectivity index (χ0n) is 17.6. The van der Waals surface area contributed by atoms with E-state index in [0.717, 1.165) is 12.0 Å². The molecular formula is C24H24ClN3O2S2. The van der Waals surface area contributed by atoms with Crippen LogP contribution >= 0.6 is 35.6 Å². The molecule has 166 valence electrons. The Hall–Kier alpha value is -2.61. The van der Waals surface area contributed by atoms with Crippen LogP contribution in [0.25, 0.3) is 17.0 Å². The highest BCUT2D eigenvalue weighted by Crippen LogP contribution is 2.32. The molecule has 0 bridgehead atoms. The number of aromatic nitrogens is 1. The molecule has 2 amide bonds. The molecule has 1 aliphatic heterocycles. The lowest BCUT2D eigenvalue weighted by Crippen LogP contribution is -2.33. The number of carbonyl (C=O) groups excluding carboxylic acids is 2. The third kappa shape index (κ3) is 6.69. The van der Waals surface area contributed by atoms with E-state index >= 15 is 0 Å². The average Bonchev–Trinajstić information content (AvgIpc) is 3.36. The Morgan fingerprint density at radius 1 is 1.22 bits per heavy atom. The molecule has 5 nitrogen and oxygen atoms in total. The van der Waals surface area contributed by atoms with Gasteiger partial charge in [0.15, 0.2) is 0 Å². The lowest BCUT2D eigenvalue weighted by molar-refractivity contribution is -0.123. The zero-order valence-corrected chi connectivity index (χ0v) is 20.0. The van der Waals surface area contributed by atoms with Crippen LogP contribution in [0.3, 0.4) is 0 Å². The van der Waals surface area contributed by atoms with Gasteiger partial charge in [-0.1, -0.05) is 72.8 Å². The van der Waals surface area contributed by atoms with Gasteiger partial charge < -0.3 is 10.3 Å². The largest absolute Gasteiger partial charge is 0.361 e. The zero-order chi connectivity index (χ0) is 22.9. The minimum absolute atomic E-state index is 0.0697. The van der Waals surface area contributed by atoms with Crippen molar-refractivity contribution >= 4 is 68.7 Å². The van der Waals surface area contributed by atoms with Gasteiger partial charge in [0.1, 0.15) is 4.32 Å². The van der Waals surface area contributed by atoms with Gasteiger partial charge in [-0.25, -0.2) is 0 Å². The lowest BCUT2D eigenvalue weighted by atomic mass is 10.2.